The summed E-state index contributed by atoms with van der Waals surface area (Å²) in [4.78, 5) is 8.64. The fourth-order valence-corrected chi connectivity index (χ4v) is 2.35. The lowest BCUT2D eigenvalue weighted by molar-refractivity contribution is 0.810. The van der Waals surface area contributed by atoms with Crippen LogP contribution < -0.4 is 5.32 Å². The summed E-state index contributed by atoms with van der Waals surface area (Å²) in [6.07, 6.45) is 0. The van der Waals surface area contributed by atoms with Crippen LogP contribution >= 0.6 is 22.7 Å². The first kappa shape index (κ1) is 8.80. The Balaban J connectivity index is 2.23. The molecular formula is C8H9N3S2. The molecule has 0 aromatic carbocycles. The van der Waals surface area contributed by atoms with Crippen LogP contribution in [-0.2, 0) is 6.54 Å². The third-order valence-electron chi connectivity index (χ3n) is 1.57. The van der Waals surface area contributed by atoms with Crippen LogP contribution in [0.25, 0.3) is 11.4 Å². The van der Waals surface area contributed by atoms with Gasteiger partial charge in [-0.1, -0.05) is 0 Å². The Hall–Kier alpha value is -0.780. The van der Waals surface area contributed by atoms with Crippen molar-refractivity contribution in [2.24, 2.45) is 0 Å². The molecule has 2 heterocycles. The van der Waals surface area contributed by atoms with E-state index in [0.29, 0.717) is 0 Å². The molecule has 0 amide bonds. The summed E-state index contributed by atoms with van der Waals surface area (Å²) in [5, 5.41) is 8.23. The number of nitrogens with zero attached hydrogens (tertiary/aromatic N) is 2. The maximum absolute atomic E-state index is 4.44. The van der Waals surface area contributed by atoms with Gasteiger partial charge in [0.05, 0.1) is 5.51 Å². The smallest absolute Gasteiger partial charge is 0.107 e. The molecule has 0 saturated carbocycles. The van der Waals surface area contributed by atoms with E-state index in [1.807, 2.05) is 23.3 Å². The van der Waals surface area contributed by atoms with Gasteiger partial charge in [-0.3, -0.25) is 0 Å². The van der Waals surface area contributed by atoms with Crippen molar-refractivity contribution < 1.29 is 0 Å². The Labute approximate surface area is 84.5 Å². The molecule has 13 heavy (non-hydrogen) atoms. The van der Waals surface area contributed by atoms with Gasteiger partial charge < -0.3 is 5.32 Å². The highest BCUT2D eigenvalue weighted by atomic mass is 32.1. The summed E-state index contributed by atoms with van der Waals surface area (Å²) in [5.74, 6) is 0. The predicted octanol–water partition coefficient (Wildman–Crippen LogP) is 1.99. The molecule has 0 unspecified atom stereocenters. The van der Waals surface area contributed by atoms with Crippen LogP contribution in [0.3, 0.4) is 0 Å². The molecule has 2 rings (SSSR count). The molecule has 0 bridgehead atoms. The summed E-state index contributed by atoms with van der Waals surface area (Å²) >= 11 is 3.26. The highest BCUT2D eigenvalue weighted by Crippen LogP contribution is 2.21. The van der Waals surface area contributed by atoms with E-state index in [1.165, 1.54) is 0 Å². The molecule has 0 aliphatic rings. The van der Waals surface area contributed by atoms with Gasteiger partial charge in [0.25, 0.3) is 0 Å². The van der Waals surface area contributed by atoms with Crippen LogP contribution in [0.1, 0.15) is 5.01 Å². The second kappa shape index (κ2) is 3.95. The summed E-state index contributed by atoms with van der Waals surface area (Å²) in [6, 6.07) is 0. The van der Waals surface area contributed by atoms with E-state index in [1.54, 1.807) is 22.7 Å². The monoisotopic (exact) mass is 211 g/mol. The van der Waals surface area contributed by atoms with Gasteiger partial charge in [0.2, 0.25) is 0 Å². The maximum atomic E-state index is 4.44. The van der Waals surface area contributed by atoms with Crippen molar-refractivity contribution in [1.82, 2.24) is 15.3 Å². The van der Waals surface area contributed by atoms with Crippen LogP contribution in [0.2, 0.25) is 0 Å². The van der Waals surface area contributed by atoms with Crippen LogP contribution in [0.15, 0.2) is 16.3 Å². The molecule has 0 fully saturated rings. The second-order valence-corrected chi connectivity index (χ2v) is 4.19. The van der Waals surface area contributed by atoms with Crippen LogP contribution in [-0.4, -0.2) is 17.0 Å². The molecule has 0 saturated heterocycles. The normalized spacial score (nSPS) is 10.5. The fraction of sp³-hybridized carbons (Fsp3) is 0.250. The van der Waals surface area contributed by atoms with Gasteiger partial charge in [-0.05, 0) is 7.05 Å². The largest absolute Gasteiger partial charge is 0.314 e. The van der Waals surface area contributed by atoms with Crippen molar-refractivity contribution in [2.45, 2.75) is 6.54 Å². The lowest BCUT2D eigenvalue weighted by atomic mass is 10.4. The molecule has 0 aliphatic heterocycles. The van der Waals surface area contributed by atoms with E-state index in [4.69, 9.17) is 0 Å². The minimum atomic E-state index is 0.828. The Morgan fingerprint density at radius 2 is 2.31 bits per heavy atom. The Morgan fingerprint density at radius 1 is 1.38 bits per heavy atom. The van der Waals surface area contributed by atoms with E-state index in [0.717, 1.165) is 22.9 Å². The number of hydrogen-bond donors (Lipinski definition) is 1. The highest BCUT2D eigenvalue weighted by Gasteiger charge is 2.04. The summed E-state index contributed by atoms with van der Waals surface area (Å²) in [7, 11) is 1.92. The topological polar surface area (TPSA) is 37.8 Å². The van der Waals surface area contributed by atoms with E-state index < -0.39 is 0 Å². The molecule has 1 N–H and O–H groups in total. The van der Waals surface area contributed by atoms with E-state index in [-0.39, 0.29) is 0 Å². The predicted molar refractivity (Wildman–Crippen MR) is 56.0 cm³/mol. The Bertz CT molecular complexity index is 366. The van der Waals surface area contributed by atoms with Gasteiger partial charge in [0.1, 0.15) is 16.4 Å². The average Bonchev–Trinajstić information content (AvgIpc) is 2.70. The minimum absolute atomic E-state index is 0.828. The standard InChI is InChI=1S/C8H9N3S2/c1-9-2-8-11-7(4-13-8)6-3-12-5-10-6/h3-5,9H,2H2,1H3. The zero-order valence-corrected chi connectivity index (χ0v) is 8.78. The lowest BCUT2D eigenvalue weighted by Crippen LogP contribution is -2.04. The van der Waals surface area contributed by atoms with Crippen molar-refractivity contribution in [2.75, 3.05) is 7.05 Å². The summed E-state index contributed by atoms with van der Waals surface area (Å²) < 4.78 is 0. The number of nitrogens with one attached hydrogen (secondary N) is 1. The zero-order valence-electron chi connectivity index (χ0n) is 7.15. The third kappa shape index (κ3) is 1.93. The Kier molecular flexibility index (Phi) is 2.68. The number of hydrogen-bond acceptors (Lipinski definition) is 5. The quantitative estimate of drug-likeness (QED) is 0.843. The van der Waals surface area contributed by atoms with Crippen LogP contribution in [0.5, 0.6) is 0 Å². The first-order valence-electron chi connectivity index (χ1n) is 3.87. The zero-order chi connectivity index (χ0) is 9.10. The molecule has 2 aromatic rings. The van der Waals surface area contributed by atoms with Gasteiger partial charge in [-0.15, -0.1) is 22.7 Å². The molecule has 0 radical (unpaired) electrons. The summed E-state index contributed by atoms with van der Waals surface area (Å²) in [6.45, 7) is 0.828. The van der Waals surface area contributed by atoms with Crippen LogP contribution in [0, 0.1) is 0 Å². The first-order chi connectivity index (χ1) is 6.40. The van der Waals surface area contributed by atoms with E-state index in [2.05, 4.69) is 15.3 Å². The molecule has 0 atom stereocenters. The Morgan fingerprint density at radius 3 is 3.00 bits per heavy atom. The molecule has 68 valence electrons. The SMILES string of the molecule is CNCc1nc(-c2cscn2)cs1. The van der Waals surface area contributed by atoms with E-state index >= 15 is 0 Å². The fourth-order valence-electron chi connectivity index (χ4n) is 1.000. The summed E-state index contributed by atoms with van der Waals surface area (Å²) in [5.41, 5.74) is 3.78. The van der Waals surface area contributed by atoms with Crippen molar-refractivity contribution in [1.29, 1.82) is 0 Å². The molecule has 3 nitrogen and oxygen atoms in total. The van der Waals surface area contributed by atoms with Gasteiger partial charge >= 0.3 is 0 Å². The van der Waals surface area contributed by atoms with Gasteiger partial charge in [-0.2, -0.15) is 0 Å². The van der Waals surface area contributed by atoms with Gasteiger partial charge in [0.15, 0.2) is 0 Å². The molecule has 2 aromatic heterocycles. The van der Waals surface area contributed by atoms with Gasteiger partial charge in [-0.25, -0.2) is 9.97 Å². The van der Waals surface area contributed by atoms with Gasteiger partial charge in [0, 0.05) is 17.3 Å². The van der Waals surface area contributed by atoms with Crippen LogP contribution in [0.4, 0.5) is 0 Å². The minimum Gasteiger partial charge on any atom is -0.314 e. The lowest BCUT2D eigenvalue weighted by Gasteiger charge is -1.90. The molecule has 5 heteroatoms. The molecule has 0 spiro atoms. The average molecular weight is 211 g/mol. The van der Waals surface area contributed by atoms with Crippen molar-refractivity contribution in [3.8, 4) is 11.4 Å². The number of rotatable bonds is 3. The van der Waals surface area contributed by atoms with Crippen molar-refractivity contribution in [3.05, 3.63) is 21.3 Å². The van der Waals surface area contributed by atoms with Crippen molar-refractivity contribution >= 4 is 22.7 Å². The maximum Gasteiger partial charge on any atom is 0.107 e. The van der Waals surface area contributed by atoms with E-state index in [9.17, 15) is 0 Å². The highest BCUT2D eigenvalue weighted by molar-refractivity contribution is 7.10. The third-order valence-corrected chi connectivity index (χ3v) is 3.01. The van der Waals surface area contributed by atoms with Crippen molar-refractivity contribution in [3.63, 3.8) is 0 Å². The first-order valence-corrected chi connectivity index (χ1v) is 5.70. The second-order valence-electron chi connectivity index (χ2n) is 2.53. The molecule has 0 aliphatic carbocycles. The number of thiazole rings is 2. The number of aromatic nitrogens is 2. The molecular weight excluding hydrogens is 202 g/mol.